The van der Waals surface area contributed by atoms with E-state index in [4.69, 9.17) is 56.8 Å². The zero-order chi connectivity index (χ0) is 49.8. The number of hydrogen-bond acceptors (Lipinski definition) is 20. The summed E-state index contributed by atoms with van der Waals surface area (Å²) in [5.41, 5.74) is 0.613. The van der Waals surface area contributed by atoms with Crippen LogP contribution in [0, 0.1) is 0 Å². The summed E-state index contributed by atoms with van der Waals surface area (Å²) in [6.07, 6.45) is -0.999. The minimum atomic E-state index is -0.945. The third-order valence-corrected chi connectivity index (χ3v) is 10.0. The van der Waals surface area contributed by atoms with Gasteiger partial charge in [-0.05, 0) is 123 Å². The lowest BCUT2D eigenvalue weighted by atomic mass is 10.1. The van der Waals surface area contributed by atoms with Gasteiger partial charge in [0, 0.05) is 12.2 Å². The maximum atomic E-state index is 13.1. The molecule has 2 unspecified atom stereocenters. The Morgan fingerprint density at radius 2 is 0.700 bits per heavy atom. The van der Waals surface area contributed by atoms with Crippen LogP contribution < -0.4 is 18.9 Å². The fraction of sp³-hybridized carbons (Fsp3) is 0.280. The number of benzene rings is 4. The van der Waals surface area contributed by atoms with Crippen molar-refractivity contribution in [3.05, 3.63) is 145 Å². The molecule has 0 spiro atoms. The summed E-state index contributed by atoms with van der Waals surface area (Å²) in [4.78, 5) is 97.6. The molecule has 4 atom stereocenters. The van der Waals surface area contributed by atoms with Crippen LogP contribution in [-0.2, 0) is 47.5 Å². The fourth-order valence-electron chi connectivity index (χ4n) is 6.44. The van der Waals surface area contributed by atoms with Gasteiger partial charge >= 0.3 is 48.1 Å². The van der Waals surface area contributed by atoms with Crippen molar-refractivity contribution < 1.29 is 95.2 Å². The highest BCUT2D eigenvalue weighted by Crippen LogP contribution is 2.32. The average molecular weight is 967 g/mol. The maximum absolute atomic E-state index is 13.1. The first-order valence-corrected chi connectivity index (χ1v) is 21.7. The molecule has 2 heterocycles. The molecule has 20 heteroatoms. The molecule has 70 heavy (non-hydrogen) atoms. The zero-order valence-electron chi connectivity index (χ0n) is 37.4. The Bertz CT molecular complexity index is 2320. The number of ether oxygens (including phenoxy) is 12. The molecule has 6 rings (SSSR count). The standard InChI is InChI=1S/C50H46O20/c1-3-41(51)59-25-5-7-27-61-49(57)67-37-21-13-31(14-22-37)45(53)65-35-17-9-33(10-18-35)47(55)69-39-29-63-44-40(30-64-43(39)44)70-48(56)34-11-19-36(20-12-34)66-46(54)32-15-23-38(24-16-32)68-50(58)62-28-8-6-26-60-42(52)4-2/h3-4,9-24,39-40,43-44H,1-2,5-8,25-30H2/t39-,40+,43?,44?. The Balaban J connectivity index is 0.876. The van der Waals surface area contributed by atoms with Gasteiger partial charge < -0.3 is 56.8 Å². The highest BCUT2D eigenvalue weighted by molar-refractivity contribution is 5.93. The molecule has 2 saturated heterocycles. The summed E-state index contributed by atoms with van der Waals surface area (Å²) in [7, 11) is 0. The van der Waals surface area contributed by atoms with Crippen LogP contribution >= 0.6 is 0 Å². The van der Waals surface area contributed by atoms with Crippen molar-refractivity contribution in [1.82, 2.24) is 0 Å². The van der Waals surface area contributed by atoms with E-state index in [1.807, 2.05) is 0 Å². The SMILES string of the molecule is C=CC(=O)OCCCCOC(=O)Oc1ccc(C(=O)Oc2ccc(C(=O)O[C@H]3COC4C3OC[C@H]4OC(=O)c3ccc(OC(=O)c4ccc(OC(=O)OCCCCOC(=O)C=C)cc4)cc3)cc2)cc1. The van der Waals surface area contributed by atoms with Gasteiger partial charge in [0.15, 0.2) is 12.2 Å². The number of rotatable bonds is 22. The van der Waals surface area contributed by atoms with Crippen LogP contribution in [0.1, 0.15) is 67.1 Å². The van der Waals surface area contributed by atoms with E-state index in [-0.39, 0.29) is 84.9 Å². The molecular weight excluding hydrogens is 921 g/mol. The highest BCUT2D eigenvalue weighted by atomic mass is 16.7. The van der Waals surface area contributed by atoms with Gasteiger partial charge in [0.25, 0.3) is 0 Å². The second-order valence-electron chi connectivity index (χ2n) is 14.9. The molecule has 2 aliphatic rings. The topological polar surface area (TPSA) is 247 Å². The molecule has 366 valence electrons. The van der Waals surface area contributed by atoms with Crippen LogP contribution in [0.3, 0.4) is 0 Å². The minimum absolute atomic E-state index is 0.0198. The summed E-state index contributed by atoms with van der Waals surface area (Å²) in [6.45, 7) is 6.98. The first-order chi connectivity index (χ1) is 33.9. The van der Waals surface area contributed by atoms with Crippen LogP contribution in [0.15, 0.2) is 122 Å². The van der Waals surface area contributed by atoms with Gasteiger partial charge in [-0.25, -0.2) is 38.4 Å². The third kappa shape index (κ3) is 15.3. The Labute approximate surface area is 399 Å². The second-order valence-corrected chi connectivity index (χ2v) is 14.9. The molecule has 0 amide bonds. The molecule has 0 radical (unpaired) electrons. The predicted octanol–water partition coefficient (Wildman–Crippen LogP) is 6.72. The molecule has 2 aliphatic heterocycles. The Morgan fingerprint density at radius 1 is 0.414 bits per heavy atom. The van der Waals surface area contributed by atoms with Crippen molar-refractivity contribution in [2.24, 2.45) is 0 Å². The molecule has 0 saturated carbocycles. The number of hydrogen-bond donors (Lipinski definition) is 0. The van der Waals surface area contributed by atoms with Gasteiger partial charge in [-0.3, -0.25) is 0 Å². The number of esters is 6. The molecule has 4 aromatic rings. The lowest BCUT2D eigenvalue weighted by Gasteiger charge is -2.17. The van der Waals surface area contributed by atoms with Crippen molar-refractivity contribution in [3.63, 3.8) is 0 Å². The normalized spacial score (nSPS) is 16.5. The Hall–Kier alpha value is -8.36. The zero-order valence-corrected chi connectivity index (χ0v) is 37.4. The van der Waals surface area contributed by atoms with Gasteiger partial charge in [0.2, 0.25) is 0 Å². The lowest BCUT2D eigenvalue weighted by Crippen LogP contribution is -2.36. The van der Waals surface area contributed by atoms with Crippen molar-refractivity contribution in [2.75, 3.05) is 39.6 Å². The highest BCUT2D eigenvalue weighted by Gasteiger charge is 2.51. The third-order valence-electron chi connectivity index (χ3n) is 10.0. The first kappa shape index (κ1) is 51.0. The summed E-state index contributed by atoms with van der Waals surface area (Å²) >= 11 is 0. The van der Waals surface area contributed by atoms with E-state index >= 15 is 0 Å². The van der Waals surface area contributed by atoms with Gasteiger partial charge in [0.1, 0.15) is 35.2 Å². The molecule has 0 N–H and O–H groups in total. The Morgan fingerprint density at radius 3 is 1.01 bits per heavy atom. The van der Waals surface area contributed by atoms with Gasteiger partial charge in [-0.1, -0.05) is 13.2 Å². The monoisotopic (exact) mass is 966 g/mol. The van der Waals surface area contributed by atoms with Crippen molar-refractivity contribution in [3.8, 4) is 23.0 Å². The molecule has 0 aliphatic carbocycles. The van der Waals surface area contributed by atoms with Crippen LogP contribution in [0.25, 0.3) is 0 Å². The summed E-state index contributed by atoms with van der Waals surface area (Å²) in [6, 6.07) is 22.4. The predicted molar refractivity (Wildman–Crippen MR) is 238 cm³/mol. The van der Waals surface area contributed by atoms with Crippen LogP contribution in [0.4, 0.5) is 9.59 Å². The van der Waals surface area contributed by atoms with Gasteiger partial charge in [-0.15, -0.1) is 0 Å². The van der Waals surface area contributed by atoms with E-state index in [1.165, 1.54) is 97.1 Å². The number of carbonyl (C=O) groups excluding carboxylic acids is 8. The maximum Gasteiger partial charge on any atom is 0.513 e. The molecule has 0 bridgehead atoms. The van der Waals surface area contributed by atoms with Crippen molar-refractivity contribution in [1.29, 1.82) is 0 Å². The van der Waals surface area contributed by atoms with E-state index in [9.17, 15) is 38.4 Å². The lowest BCUT2D eigenvalue weighted by molar-refractivity contribution is -0.138. The molecule has 2 fully saturated rings. The quantitative estimate of drug-likeness (QED) is 0.0198. The molecule has 20 nitrogen and oxygen atoms in total. The molecular formula is C50H46O20. The van der Waals surface area contributed by atoms with E-state index in [1.54, 1.807) is 0 Å². The average Bonchev–Trinajstić information content (AvgIpc) is 3.96. The summed E-state index contributed by atoms with van der Waals surface area (Å²) < 4.78 is 63.7. The smallest absolute Gasteiger partial charge is 0.463 e. The number of unbranched alkanes of at least 4 members (excludes halogenated alkanes) is 2. The number of fused-ring (bicyclic) bond motifs is 1. The van der Waals surface area contributed by atoms with E-state index < -0.39 is 72.5 Å². The largest absolute Gasteiger partial charge is 0.513 e. The van der Waals surface area contributed by atoms with Crippen molar-refractivity contribution >= 4 is 48.1 Å². The Kier molecular flexibility index (Phi) is 18.7. The van der Waals surface area contributed by atoms with Crippen LogP contribution in [-0.4, -0.2) is 112 Å². The second kappa shape index (κ2) is 25.7. The first-order valence-electron chi connectivity index (χ1n) is 21.7. The van der Waals surface area contributed by atoms with E-state index in [0.29, 0.717) is 25.7 Å². The summed E-state index contributed by atoms with van der Waals surface area (Å²) in [5, 5.41) is 0. The molecule has 0 aromatic heterocycles. The molecule has 4 aromatic carbocycles. The van der Waals surface area contributed by atoms with Gasteiger partial charge in [0.05, 0.1) is 61.9 Å². The summed E-state index contributed by atoms with van der Waals surface area (Å²) in [5.74, 6) is -3.35. The fourth-order valence-corrected chi connectivity index (χ4v) is 6.44. The van der Waals surface area contributed by atoms with Crippen LogP contribution in [0.2, 0.25) is 0 Å². The minimum Gasteiger partial charge on any atom is -0.463 e. The van der Waals surface area contributed by atoms with Crippen LogP contribution in [0.5, 0.6) is 23.0 Å². The van der Waals surface area contributed by atoms with E-state index in [0.717, 1.165) is 12.2 Å². The number of carbonyl (C=O) groups is 8. The van der Waals surface area contributed by atoms with E-state index in [2.05, 4.69) is 13.2 Å². The van der Waals surface area contributed by atoms with Gasteiger partial charge in [-0.2, -0.15) is 0 Å². The van der Waals surface area contributed by atoms with Crippen molar-refractivity contribution in [2.45, 2.75) is 50.1 Å².